The fraction of sp³-hybridized carbons (Fsp3) is 0.875. The summed E-state index contributed by atoms with van der Waals surface area (Å²) >= 11 is 0. The van der Waals surface area contributed by atoms with Gasteiger partial charge in [0, 0.05) is 19.6 Å². The third-order valence-corrected chi connectivity index (χ3v) is 4.77. The van der Waals surface area contributed by atoms with Crippen LogP contribution in [0.5, 0.6) is 0 Å². The molecule has 0 unspecified atom stereocenters. The number of carbonyl (C=O) groups is 1. The van der Waals surface area contributed by atoms with Gasteiger partial charge in [-0.05, 0) is 39.3 Å². The molecular weight excluding hydrogens is 264 g/mol. The van der Waals surface area contributed by atoms with E-state index < -0.39 is 5.54 Å². The second kappa shape index (κ2) is 7.77. The van der Waals surface area contributed by atoms with Crippen LogP contribution in [0.2, 0.25) is 0 Å². The van der Waals surface area contributed by atoms with Crippen LogP contribution in [-0.2, 0) is 4.79 Å². The van der Waals surface area contributed by atoms with E-state index in [1.165, 1.54) is 0 Å². The summed E-state index contributed by atoms with van der Waals surface area (Å²) in [7, 11) is 0. The zero-order chi connectivity index (χ0) is 16.0. The maximum Gasteiger partial charge on any atom is 0.238 e. The summed E-state index contributed by atoms with van der Waals surface area (Å²) in [6.45, 7) is 14.8. The molecule has 120 valence electrons. The molecular formula is C16H30N4O. The number of nitrogens with zero attached hydrogens (tertiary/aromatic N) is 3. The van der Waals surface area contributed by atoms with Crippen LogP contribution in [0.1, 0.15) is 41.0 Å². The highest BCUT2D eigenvalue weighted by atomic mass is 16.2. The molecule has 21 heavy (non-hydrogen) atoms. The Labute approximate surface area is 129 Å². The van der Waals surface area contributed by atoms with E-state index in [0.717, 1.165) is 39.1 Å². The maximum atomic E-state index is 12.5. The van der Waals surface area contributed by atoms with E-state index in [0.29, 0.717) is 0 Å². The van der Waals surface area contributed by atoms with Gasteiger partial charge in [0.1, 0.15) is 5.54 Å². The smallest absolute Gasteiger partial charge is 0.238 e. The van der Waals surface area contributed by atoms with Crippen molar-refractivity contribution in [1.82, 2.24) is 15.1 Å². The van der Waals surface area contributed by atoms with Gasteiger partial charge in [-0.25, -0.2) is 0 Å². The van der Waals surface area contributed by atoms with Gasteiger partial charge in [-0.1, -0.05) is 20.8 Å². The summed E-state index contributed by atoms with van der Waals surface area (Å²) in [6.07, 6.45) is 1.09. The van der Waals surface area contributed by atoms with Crippen molar-refractivity contribution >= 4 is 5.91 Å². The number of amides is 1. The van der Waals surface area contributed by atoms with Gasteiger partial charge in [-0.2, -0.15) is 5.26 Å². The lowest BCUT2D eigenvalue weighted by Crippen LogP contribution is -2.55. The van der Waals surface area contributed by atoms with E-state index in [2.05, 4.69) is 28.1 Å². The van der Waals surface area contributed by atoms with Crippen molar-refractivity contribution in [3.05, 3.63) is 0 Å². The van der Waals surface area contributed by atoms with Crippen LogP contribution < -0.4 is 5.32 Å². The highest BCUT2D eigenvalue weighted by Crippen LogP contribution is 2.16. The number of nitriles is 1. The number of hydrogen-bond acceptors (Lipinski definition) is 4. The molecule has 0 radical (unpaired) electrons. The first-order valence-corrected chi connectivity index (χ1v) is 8.03. The Kier molecular flexibility index (Phi) is 6.63. The van der Waals surface area contributed by atoms with Gasteiger partial charge in [0.25, 0.3) is 0 Å². The predicted octanol–water partition coefficient (Wildman–Crippen LogP) is 1.46. The highest BCUT2D eigenvalue weighted by molar-refractivity contribution is 5.82. The summed E-state index contributed by atoms with van der Waals surface area (Å²) in [6, 6.07) is 2.05. The highest BCUT2D eigenvalue weighted by Gasteiger charge is 2.33. The van der Waals surface area contributed by atoms with Gasteiger partial charge in [0.2, 0.25) is 5.91 Å². The first-order valence-electron chi connectivity index (χ1n) is 8.03. The van der Waals surface area contributed by atoms with Crippen LogP contribution in [0.3, 0.4) is 0 Å². The van der Waals surface area contributed by atoms with E-state index in [1.54, 1.807) is 6.92 Å². The van der Waals surface area contributed by atoms with E-state index in [9.17, 15) is 10.1 Å². The summed E-state index contributed by atoms with van der Waals surface area (Å²) < 4.78 is 0. The lowest BCUT2D eigenvalue weighted by Gasteiger charge is -2.32. The fourth-order valence-electron chi connectivity index (χ4n) is 2.52. The molecule has 5 heteroatoms. The quantitative estimate of drug-likeness (QED) is 0.834. The number of likely N-dealkylation sites (N-methyl/N-ethyl adjacent to an activating group) is 1. The first kappa shape index (κ1) is 17.9. The minimum absolute atomic E-state index is 0.0438. The largest absolute Gasteiger partial charge is 0.336 e. The Morgan fingerprint density at radius 3 is 2.48 bits per heavy atom. The lowest BCUT2D eigenvalue weighted by molar-refractivity contribution is -0.127. The van der Waals surface area contributed by atoms with Crippen LogP contribution in [0, 0.1) is 17.2 Å². The molecule has 1 aliphatic heterocycles. The first-order chi connectivity index (χ1) is 9.84. The third kappa shape index (κ3) is 4.69. The van der Waals surface area contributed by atoms with E-state index >= 15 is 0 Å². The summed E-state index contributed by atoms with van der Waals surface area (Å²) in [4.78, 5) is 17.1. The van der Waals surface area contributed by atoms with Gasteiger partial charge in [-0.3, -0.25) is 9.69 Å². The van der Waals surface area contributed by atoms with Crippen molar-refractivity contribution in [3.8, 4) is 6.07 Å². The predicted molar refractivity (Wildman–Crippen MR) is 84.8 cm³/mol. The second-order valence-corrected chi connectivity index (χ2v) is 6.46. The van der Waals surface area contributed by atoms with Crippen molar-refractivity contribution in [2.75, 3.05) is 32.7 Å². The van der Waals surface area contributed by atoms with Crippen LogP contribution in [0.15, 0.2) is 0 Å². The molecule has 1 aliphatic rings. The Hall–Kier alpha value is -1.12. The van der Waals surface area contributed by atoms with Crippen molar-refractivity contribution in [2.45, 2.75) is 52.6 Å². The number of nitrogens with one attached hydrogen (secondary N) is 1. The number of carbonyl (C=O) groups excluding carboxylic acids is 1. The monoisotopic (exact) mass is 294 g/mol. The third-order valence-electron chi connectivity index (χ3n) is 4.77. The molecule has 0 bridgehead atoms. The summed E-state index contributed by atoms with van der Waals surface area (Å²) in [5, 5.41) is 12.3. The molecule has 0 saturated carbocycles. The molecule has 5 nitrogen and oxygen atoms in total. The van der Waals surface area contributed by atoms with Crippen molar-refractivity contribution in [2.24, 2.45) is 5.92 Å². The molecule has 0 aromatic carbocycles. The van der Waals surface area contributed by atoms with Crippen molar-refractivity contribution < 1.29 is 4.79 Å². The average Bonchev–Trinajstić information content (AvgIpc) is 2.71. The molecule has 0 aromatic rings. The molecule has 1 heterocycles. The molecule has 2 atom stereocenters. The number of hydrogen-bond donors (Lipinski definition) is 1. The van der Waals surface area contributed by atoms with Gasteiger partial charge in [0.15, 0.2) is 0 Å². The molecule has 1 rings (SSSR count). The summed E-state index contributed by atoms with van der Waals surface area (Å²) in [5.41, 5.74) is -0.799. The Morgan fingerprint density at radius 1 is 1.29 bits per heavy atom. The van der Waals surface area contributed by atoms with Gasteiger partial charge >= 0.3 is 0 Å². The van der Waals surface area contributed by atoms with Gasteiger partial charge in [0.05, 0.1) is 12.1 Å². The molecule has 1 amide bonds. The standard InChI is InChI=1S/C16H30N4O/c1-6-19-8-7-9-20(11-10-19)14(4)15(21)18-16(5,12-17)13(2)3/h13-14H,6-11H2,1-5H3,(H,18,21)/t14-,16-/m1/s1. The normalized spacial score (nSPS) is 22.1. The van der Waals surface area contributed by atoms with E-state index in [4.69, 9.17) is 0 Å². The SMILES string of the molecule is CCN1CCCN([C@H](C)C(=O)N[C@](C)(C#N)C(C)C)CC1. The van der Waals surface area contributed by atoms with Crippen molar-refractivity contribution in [3.63, 3.8) is 0 Å². The molecule has 1 N–H and O–H groups in total. The van der Waals surface area contributed by atoms with Gasteiger partial charge < -0.3 is 10.2 Å². The zero-order valence-corrected chi connectivity index (χ0v) is 14.1. The van der Waals surface area contributed by atoms with Crippen LogP contribution >= 0.6 is 0 Å². The molecule has 1 fully saturated rings. The summed E-state index contributed by atoms with van der Waals surface area (Å²) in [5.74, 6) is 0.0380. The minimum Gasteiger partial charge on any atom is -0.336 e. The molecule has 0 aromatic heterocycles. The molecule has 0 spiro atoms. The Balaban J connectivity index is 2.64. The van der Waals surface area contributed by atoms with Gasteiger partial charge in [-0.15, -0.1) is 0 Å². The second-order valence-electron chi connectivity index (χ2n) is 6.46. The van der Waals surface area contributed by atoms with E-state index in [-0.39, 0.29) is 17.9 Å². The Bertz CT molecular complexity index is 390. The molecule has 1 saturated heterocycles. The van der Waals surface area contributed by atoms with Crippen LogP contribution in [-0.4, -0.2) is 60.0 Å². The maximum absolute atomic E-state index is 12.5. The lowest BCUT2D eigenvalue weighted by atomic mass is 9.89. The minimum atomic E-state index is -0.799. The van der Waals surface area contributed by atoms with E-state index in [1.807, 2.05) is 20.8 Å². The molecule has 0 aliphatic carbocycles. The van der Waals surface area contributed by atoms with Crippen LogP contribution in [0.25, 0.3) is 0 Å². The average molecular weight is 294 g/mol. The number of rotatable bonds is 5. The Morgan fingerprint density at radius 2 is 1.95 bits per heavy atom. The van der Waals surface area contributed by atoms with Crippen LogP contribution in [0.4, 0.5) is 0 Å². The topological polar surface area (TPSA) is 59.4 Å². The fourth-order valence-corrected chi connectivity index (χ4v) is 2.52. The zero-order valence-electron chi connectivity index (χ0n) is 14.1. The van der Waals surface area contributed by atoms with Crippen molar-refractivity contribution in [1.29, 1.82) is 5.26 Å².